The standard InChI is InChI=1S/C21H24F2N2O/c22-18-10-9-16(13-19(18)23)14-21(26)24-15-20(17-7-3-1-4-8-17)25-11-5-2-6-12-25/h1,3-4,7-10,13,20H,2,5-6,11-12,14-15H2,(H,24,26). The van der Waals surface area contributed by atoms with Crippen molar-refractivity contribution in [3.8, 4) is 0 Å². The fourth-order valence-electron chi connectivity index (χ4n) is 3.47. The first-order valence-corrected chi connectivity index (χ1v) is 9.13. The molecule has 1 heterocycles. The number of likely N-dealkylation sites (tertiary alicyclic amines) is 1. The second-order valence-corrected chi connectivity index (χ2v) is 6.75. The van der Waals surface area contributed by atoms with Crippen LogP contribution in [0.1, 0.15) is 36.4 Å². The maximum absolute atomic E-state index is 13.3. The molecule has 1 aliphatic rings. The lowest BCUT2D eigenvalue weighted by Gasteiger charge is -2.35. The molecular weight excluding hydrogens is 334 g/mol. The molecular formula is C21H24F2N2O. The topological polar surface area (TPSA) is 32.3 Å². The Balaban J connectivity index is 1.63. The fourth-order valence-corrected chi connectivity index (χ4v) is 3.47. The van der Waals surface area contributed by atoms with E-state index < -0.39 is 11.6 Å². The predicted molar refractivity (Wildman–Crippen MR) is 97.7 cm³/mol. The molecule has 0 saturated carbocycles. The molecule has 1 amide bonds. The van der Waals surface area contributed by atoms with E-state index in [0.717, 1.165) is 25.2 Å². The molecule has 2 aromatic rings. The van der Waals surface area contributed by atoms with Gasteiger partial charge in [0.1, 0.15) is 0 Å². The van der Waals surface area contributed by atoms with E-state index >= 15 is 0 Å². The normalized spacial score (nSPS) is 16.2. The van der Waals surface area contributed by atoms with Crippen molar-refractivity contribution >= 4 is 5.91 Å². The summed E-state index contributed by atoms with van der Waals surface area (Å²) in [6.45, 7) is 2.56. The van der Waals surface area contributed by atoms with Crippen molar-refractivity contribution in [2.45, 2.75) is 31.7 Å². The molecule has 26 heavy (non-hydrogen) atoms. The molecule has 0 bridgehead atoms. The van der Waals surface area contributed by atoms with E-state index in [1.54, 1.807) is 0 Å². The lowest BCUT2D eigenvalue weighted by molar-refractivity contribution is -0.120. The summed E-state index contributed by atoms with van der Waals surface area (Å²) < 4.78 is 26.3. The third kappa shape index (κ3) is 4.88. The Bertz CT molecular complexity index is 730. The minimum atomic E-state index is -0.925. The molecule has 1 saturated heterocycles. The first-order valence-electron chi connectivity index (χ1n) is 9.13. The number of benzene rings is 2. The Hall–Kier alpha value is -2.27. The zero-order valence-corrected chi connectivity index (χ0v) is 14.8. The molecule has 2 aromatic carbocycles. The monoisotopic (exact) mass is 358 g/mol. The van der Waals surface area contributed by atoms with Crippen LogP contribution in [0.15, 0.2) is 48.5 Å². The number of halogens is 2. The summed E-state index contributed by atoms with van der Waals surface area (Å²) in [6.07, 6.45) is 3.64. The van der Waals surface area contributed by atoms with Crippen LogP contribution in [0.4, 0.5) is 8.78 Å². The van der Waals surface area contributed by atoms with Gasteiger partial charge in [-0.3, -0.25) is 9.69 Å². The van der Waals surface area contributed by atoms with Gasteiger partial charge >= 0.3 is 0 Å². The highest BCUT2D eigenvalue weighted by Crippen LogP contribution is 2.24. The van der Waals surface area contributed by atoms with E-state index in [0.29, 0.717) is 12.1 Å². The van der Waals surface area contributed by atoms with Crippen molar-refractivity contribution in [1.82, 2.24) is 10.2 Å². The number of hydrogen-bond donors (Lipinski definition) is 1. The van der Waals surface area contributed by atoms with Crippen molar-refractivity contribution in [2.75, 3.05) is 19.6 Å². The highest BCUT2D eigenvalue weighted by molar-refractivity contribution is 5.78. The number of piperidine rings is 1. The molecule has 0 spiro atoms. The Morgan fingerprint density at radius 1 is 1.00 bits per heavy atom. The van der Waals surface area contributed by atoms with Gasteiger partial charge < -0.3 is 5.32 Å². The molecule has 1 unspecified atom stereocenters. The maximum Gasteiger partial charge on any atom is 0.224 e. The van der Waals surface area contributed by atoms with Crippen LogP contribution >= 0.6 is 0 Å². The second-order valence-electron chi connectivity index (χ2n) is 6.75. The summed E-state index contributed by atoms with van der Waals surface area (Å²) in [7, 11) is 0. The quantitative estimate of drug-likeness (QED) is 0.851. The largest absolute Gasteiger partial charge is 0.354 e. The average Bonchev–Trinajstić information content (AvgIpc) is 2.67. The number of nitrogens with one attached hydrogen (secondary N) is 1. The molecule has 5 heteroatoms. The van der Waals surface area contributed by atoms with Gasteiger partial charge in [-0.25, -0.2) is 8.78 Å². The van der Waals surface area contributed by atoms with E-state index in [9.17, 15) is 13.6 Å². The van der Waals surface area contributed by atoms with Crippen molar-refractivity contribution in [3.63, 3.8) is 0 Å². The number of carbonyl (C=O) groups excluding carboxylic acids is 1. The smallest absolute Gasteiger partial charge is 0.224 e. The van der Waals surface area contributed by atoms with Gasteiger partial charge in [0.2, 0.25) is 5.91 Å². The van der Waals surface area contributed by atoms with E-state index in [2.05, 4.69) is 22.3 Å². The zero-order valence-electron chi connectivity index (χ0n) is 14.8. The Morgan fingerprint density at radius 3 is 2.42 bits per heavy atom. The molecule has 3 rings (SSSR count). The van der Waals surface area contributed by atoms with Gasteiger partial charge in [0, 0.05) is 6.54 Å². The summed E-state index contributed by atoms with van der Waals surface area (Å²) in [5, 5.41) is 2.96. The Kier molecular flexibility index (Phi) is 6.34. The molecule has 1 fully saturated rings. The zero-order chi connectivity index (χ0) is 18.4. The van der Waals surface area contributed by atoms with Gasteiger partial charge in [-0.1, -0.05) is 42.8 Å². The summed E-state index contributed by atoms with van der Waals surface area (Å²) >= 11 is 0. The highest BCUT2D eigenvalue weighted by atomic mass is 19.2. The number of carbonyl (C=O) groups is 1. The molecule has 0 radical (unpaired) electrons. The SMILES string of the molecule is O=C(Cc1ccc(F)c(F)c1)NCC(c1ccccc1)N1CCCCC1. The van der Waals surface area contributed by atoms with Gasteiger partial charge in [-0.2, -0.15) is 0 Å². The van der Waals surface area contributed by atoms with Crippen molar-refractivity contribution in [1.29, 1.82) is 0 Å². The first kappa shape index (κ1) is 18.5. The van der Waals surface area contributed by atoms with Gasteiger partial charge in [-0.05, 0) is 49.2 Å². The second kappa shape index (κ2) is 8.90. The van der Waals surface area contributed by atoms with E-state index in [-0.39, 0.29) is 18.4 Å². The molecule has 0 aromatic heterocycles. The van der Waals surface area contributed by atoms with Crippen molar-refractivity contribution in [3.05, 3.63) is 71.3 Å². The summed E-state index contributed by atoms with van der Waals surface area (Å²) in [5.41, 5.74) is 1.65. The van der Waals surface area contributed by atoms with E-state index in [1.165, 1.54) is 30.9 Å². The van der Waals surface area contributed by atoms with Gasteiger partial charge in [0.15, 0.2) is 11.6 Å². The van der Waals surface area contributed by atoms with Gasteiger partial charge in [-0.15, -0.1) is 0 Å². The lowest BCUT2D eigenvalue weighted by atomic mass is 10.0. The third-order valence-corrected chi connectivity index (χ3v) is 4.86. The Morgan fingerprint density at radius 2 is 1.73 bits per heavy atom. The summed E-state index contributed by atoms with van der Waals surface area (Å²) in [5.74, 6) is -2.01. The van der Waals surface area contributed by atoms with Crippen LogP contribution in [0.5, 0.6) is 0 Å². The number of hydrogen-bond acceptors (Lipinski definition) is 2. The van der Waals surface area contributed by atoms with Gasteiger partial charge in [0.25, 0.3) is 0 Å². The summed E-state index contributed by atoms with van der Waals surface area (Å²) in [6, 6.07) is 13.9. The minimum Gasteiger partial charge on any atom is -0.354 e. The van der Waals surface area contributed by atoms with Crippen LogP contribution < -0.4 is 5.32 Å². The highest BCUT2D eigenvalue weighted by Gasteiger charge is 2.22. The van der Waals surface area contributed by atoms with Crippen LogP contribution in [0.3, 0.4) is 0 Å². The summed E-state index contributed by atoms with van der Waals surface area (Å²) in [4.78, 5) is 14.7. The number of nitrogens with zero attached hydrogens (tertiary/aromatic N) is 1. The Labute approximate surface area is 153 Å². The third-order valence-electron chi connectivity index (χ3n) is 4.86. The van der Waals surface area contributed by atoms with Crippen LogP contribution in [0, 0.1) is 11.6 Å². The number of amides is 1. The van der Waals surface area contributed by atoms with Crippen molar-refractivity contribution < 1.29 is 13.6 Å². The molecule has 0 aliphatic carbocycles. The van der Waals surface area contributed by atoms with Crippen LogP contribution in [-0.4, -0.2) is 30.4 Å². The molecule has 3 nitrogen and oxygen atoms in total. The van der Waals surface area contributed by atoms with Crippen LogP contribution in [0.25, 0.3) is 0 Å². The lowest BCUT2D eigenvalue weighted by Crippen LogP contribution is -2.41. The predicted octanol–water partition coefficient (Wildman–Crippen LogP) is 3.85. The number of rotatable bonds is 6. The van der Waals surface area contributed by atoms with E-state index in [1.807, 2.05) is 18.2 Å². The van der Waals surface area contributed by atoms with Crippen molar-refractivity contribution in [2.24, 2.45) is 0 Å². The molecule has 1 atom stereocenters. The molecule has 1 N–H and O–H groups in total. The minimum absolute atomic E-state index is 0.0404. The van der Waals surface area contributed by atoms with Gasteiger partial charge in [0.05, 0.1) is 12.5 Å². The maximum atomic E-state index is 13.3. The first-order chi connectivity index (χ1) is 12.6. The van der Waals surface area contributed by atoms with Crippen LogP contribution in [0.2, 0.25) is 0 Å². The fraction of sp³-hybridized carbons (Fsp3) is 0.381. The van der Waals surface area contributed by atoms with E-state index in [4.69, 9.17) is 0 Å². The molecule has 138 valence electrons. The van der Waals surface area contributed by atoms with Crippen LogP contribution in [-0.2, 0) is 11.2 Å². The molecule has 1 aliphatic heterocycles. The average molecular weight is 358 g/mol.